The minimum Gasteiger partial charge on any atom is -0.480 e. The number of piperidine rings is 1. The van der Waals surface area contributed by atoms with Crippen LogP contribution in [0, 0.1) is 0 Å². The first-order chi connectivity index (χ1) is 10.0. The van der Waals surface area contributed by atoms with E-state index in [0.717, 1.165) is 25.1 Å². The Morgan fingerprint density at radius 1 is 1.38 bits per heavy atom. The van der Waals surface area contributed by atoms with Gasteiger partial charge in [0, 0.05) is 18.9 Å². The van der Waals surface area contributed by atoms with E-state index in [1.807, 2.05) is 11.1 Å². The fraction of sp³-hybridized carbons (Fsp3) is 0.429. The van der Waals surface area contributed by atoms with Crippen LogP contribution in [0.15, 0.2) is 18.5 Å². The summed E-state index contributed by atoms with van der Waals surface area (Å²) >= 11 is 12.1. The molecule has 1 atom stereocenters. The maximum Gasteiger partial charge on any atom is 0.320 e. The molecule has 0 bridgehead atoms. The molecule has 2 aromatic rings. The van der Waals surface area contributed by atoms with Crippen molar-refractivity contribution in [2.24, 2.45) is 0 Å². The van der Waals surface area contributed by atoms with Gasteiger partial charge in [0.25, 0.3) is 0 Å². The van der Waals surface area contributed by atoms with E-state index in [-0.39, 0.29) is 0 Å². The number of pyridine rings is 1. The van der Waals surface area contributed by atoms with Crippen molar-refractivity contribution in [1.82, 2.24) is 14.3 Å². The molecule has 1 saturated heterocycles. The third-order valence-electron chi connectivity index (χ3n) is 3.79. The van der Waals surface area contributed by atoms with Crippen LogP contribution >= 0.6 is 23.2 Å². The molecule has 2 aromatic heterocycles. The zero-order valence-electron chi connectivity index (χ0n) is 11.3. The molecule has 1 fully saturated rings. The molecule has 0 amide bonds. The Kier molecular flexibility index (Phi) is 4.06. The Hall–Kier alpha value is -1.30. The van der Waals surface area contributed by atoms with Crippen molar-refractivity contribution in [3.63, 3.8) is 0 Å². The summed E-state index contributed by atoms with van der Waals surface area (Å²) in [6.45, 7) is 1.28. The van der Waals surface area contributed by atoms with Gasteiger partial charge in [0.15, 0.2) is 5.65 Å². The average Bonchev–Trinajstić information content (AvgIpc) is 2.81. The number of carboxylic acid groups (broad SMARTS) is 1. The summed E-state index contributed by atoms with van der Waals surface area (Å²) in [4.78, 5) is 17.8. The molecule has 3 heterocycles. The molecule has 7 heteroatoms. The number of rotatable bonds is 3. The number of hydrogen-bond donors (Lipinski definition) is 1. The number of likely N-dealkylation sites (tertiary alicyclic amines) is 1. The topological polar surface area (TPSA) is 57.8 Å². The second kappa shape index (κ2) is 5.83. The first kappa shape index (κ1) is 14.6. The number of carbonyl (C=O) groups is 1. The molecule has 3 rings (SSSR count). The monoisotopic (exact) mass is 327 g/mol. The molecular formula is C14H15Cl2N3O2. The van der Waals surface area contributed by atoms with Gasteiger partial charge in [-0.1, -0.05) is 29.6 Å². The van der Waals surface area contributed by atoms with Gasteiger partial charge in [-0.05, 0) is 25.5 Å². The second-order valence-corrected chi connectivity index (χ2v) is 6.13. The summed E-state index contributed by atoms with van der Waals surface area (Å²) in [5.74, 6) is -0.764. The molecule has 21 heavy (non-hydrogen) atoms. The van der Waals surface area contributed by atoms with Crippen LogP contribution in [0.25, 0.3) is 5.65 Å². The molecule has 1 aliphatic rings. The molecular weight excluding hydrogens is 313 g/mol. The number of imidazole rings is 1. The van der Waals surface area contributed by atoms with E-state index < -0.39 is 12.0 Å². The highest BCUT2D eigenvalue weighted by atomic mass is 35.5. The minimum absolute atomic E-state index is 0.428. The lowest BCUT2D eigenvalue weighted by Gasteiger charge is -2.32. The predicted molar refractivity (Wildman–Crippen MR) is 80.9 cm³/mol. The van der Waals surface area contributed by atoms with Crippen LogP contribution in [0.3, 0.4) is 0 Å². The fourth-order valence-corrected chi connectivity index (χ4v) is 3.35. The molecule has 0 aromatic carbocycles. The van der Waals surface area contributed by atoms with Crippen LogP contribution in [0.1, 0.15) is 25.0 Å². The van der Waals surface area contributed by atoms with E-state index in [1.54, 1.807) is 16.7 Å². The largest absolute Gasteiger partial charge is 0.480 e. The van der Waals surface area contributed by atoms with Gasteiger partial charge in [0.2, 0.25) is 0 Å². The van der Waals surface area contributed by atoms with Crippen molar-refractivity contribution in [2.45, 2.75) is 31.8 Å². The van der Waals surface area contributed by atoms with E-state index >= 15 is 0 Å². The van der Waals surface area contributed by atoms with Gasteiger partial charge >= 0.3 is 5.97 Å². The Morgan fingerprint density at radius 3 is 2.95 bits per heavy atom. The standard InChI is InChI=1S/C14H15Cl2N3O2/c15-9-5-11(16)13-17-10(8-19(13)6-9)7-18-4-2-1-3-12(18)14(20)21/h5-6,8,12H,1-4,7H2,(H,20,21). The van der Waals surface area contributed by atoms with E-state index in [9.17, 15) is 9.90 Å². The molecule has 1 N–H and O–H groups in total. The summed E-state index contributed by atoms with van der Waals surface area (Å²) in [6.07, 6.45) is 6.25. The molecule has 0 aliphatic carbocycles. The Morgan fingerprint density at radius 2 is 2.19 bits per heavy atom. The zero-order valence-corrected chi connectivity index (χ0v) is 12.8. The number of aromatic nitrogens is 2. The highest BCUT2D eigenvalue weighted by molar-refractivity contribution is 6.36. The first-order valence-corrected chi connectivity index (χ1v) is 7.59. The molecule has 5 nitrogen and oxygen atoms in total. The van der Waals surface area contributed by atoms with Gasteiger partial charge in [0.1, 0.15) is 6.04 Å². The summed E-state index contributed by atoms with van der Waals surface area (Å²) < 4.78 is 1.78. The normalized spacial score (nSPS) is 20.0. The average molecular weight is 328 g/mol. The van der Waals surface area contributed by atoms with E-state index in [2.05, 4.69) is 4.98 Å². The number of nitrogens with zero attached hydrogens (tertiary/aromatic N) is 3. The molecule has 112 valence electrons. The van der Waals surface area contributed by atoms with Crippen molar-refractivity contribution in [3.05, 3.63) is 34.2 Å². The lowest BCUT2D eigenvalue weighted by molar-refractivity contribution is -0.144. The van der Waals surface area contributed by atoms with Crippen LogP contribution in [-0.4, -0.2) is 37.9 Å². The van der Waals surface area contributed by atoms with Crippen LogP contribution in [0.2, 0.25) is 10.0 Å². The Labute approximate surface area is 132 Å². The quantitative estimate of drug-likeness (QED) is 0.941. The summed E-state index contributed by atoms with van der Waals surface area (Å²) in [5, 5.41) is 10.3. The SMILES string of the molecule is O=C(O)C1CCCCN1Cc1cn2cc(Cl)cc(Cl)c2n1. The van der Waals surface area contributed by atoms with Gasteiger partial charge in [-0.2, -0.15) is 0 Å². The minimum atomic E-state index is -0.764. The third kappa shape index (κ3) is 3.00. The second-order valence-electron chi connectivity index (χ2n) is 5.29. The number of halogens is 2. The Balaban J connectivity index is 1.87. The van der Waals surface area contributed by atoms with Crippen molar-refractivity contribution in [1.29, 1.82) is 0 Å². The molecule has 0 spiro atoms. The summed E-state index contributed by atoms with van der Waals surface area (Å²) in [7, 11) is 0. The maximum absolute atomic E-state index is 11.3. The van der Waals surface area contributed by atoms with Gasteiger partial charge < -0.3 is 9.51 Å². The zero-order chi connectivity index (χ0) is 15.0. The van der Waals surface area contributed by atoms with Crippen LogP contribution in [0.5, 0.6) is 0 Å². The maximum atomic E-state index is 11.3. The van der Waals surface area contributed by atoms with Crippen molar-refractivity contribution < 1.29 is 9.90 Å². The third-order valence-corrected chi connectivity index (χ3v) is 4.27. The first-order valence-electron chi connectivity index (χ1n) is 6.84. The fourth-order valence-electron chi connectivity index (χ4n) is 2.82. The van der Waals surface area contributed by atoms with Crippen molar-refractivity contribution in [3.8, 4) is 0 Å². The Bertz CT molecular complexity index is 686. The molecule has 1 aliphatic heterocycles. The van der Waals surface area contributed by atoms with Crippen LogP contribution in [-0.2, 0) is 11.3 Å². The van der Waals surface area contributed by atoms with Gasteiger partial charge in [-0.15, -0.1) is 0 Å². The smallest absolute Gasteiger partial charge is 0.320 e. The van der Waals surface area contributed by atoms with Gasteiger partial charge in [-0.25, -0.2) is 4.98 Å². The van der Waals surface area contributed by atoms with E-state index in [4.69, 9.17) is 23.2 Å². The summed E-state index contributed by atoms with van der Waals surface area (Å²) in [6, 6.07) is 1.22. The lowest BCUT2D eigenvalue weighted by Crippen LogP contribution is -2.44. The molecule has 0 saturated carbocycles. The highest BCUT2D eigenvalue weighted by Crippen LogP contribution is 2.24. The van der Waals surface area contributed by atoms with Gasteiger partial charge in [-0.3, -0.25) is 9.69 Å². The van der Waals surface area contributed by atoms with E-state index in [1.165, 1.54) is 0 Å². The highest BCUT2D eigenvalue weighted by Gasteiger charge is 2.28. The van der Waals surface area contributed by atoms with Crippen molar-refractivity contribution in [2.75, 3.05) is 6.54 Å². The molecule has 0 radical (unpaired) electrons. The van der Waals surface area contributed by atoms with Crippen LogP contribution < -0.4 is 0 Å². The van der Waals surface area contributed by atoms with Gasteiger partial charge in [0.05, 0.1) is 15.7 Å². The number of carboxylic acids is 1. The van der Waals surface area contributed by atoms with E-state index in [0.29, 0.717) is 28.7 Å². The van der Waals surface area contributed by atoms with Crippen molar-refractivity contribution >= 4 is 34.8 Å². The molecule has 1 unspecified atom stereocenters. The van der Waals surface area contributed by atoms with Crippen LogP contribution in [0.4, 0.5) is 0 Å². The predicted octanol–water partition coefficient (Wildman–Crippen LogP) is 3.08. The summed E-state index contributed by atoms with van der Waals surface area (Å²) in [5.41, 5.74) is 1.44. The number of fused-ring (bicyclic) bond motifs is 1. The number of hydrogen-bond acceptors (Lipinski definition) is 3. The number of aliphatic carboxylic acids is 1. The lowest BCUT2D eigenvalue weighted by atomic mass is 10.0.